The van der Waals surface area contributed by atoms with E-state index in [1.807, 2.05) is 13.8 Å². The molecular formula is C19H25N3O4S. The molecule has 0 N–H and O–H groups in total. The number of carbonyl (C=O) groups is 1. The quantitative estimate of drug-likeness (QED) is 0.778. The minimum Gasteiger partial charge on any atom is -0.339 e. The van der Waals surface area contributed by atoms with Gasteiger partial charge in [-0.25, -0.2) is 8.42 Å². The first-order valence-electron chi connectivity index (χ1n) is 9.14. The van der Waals surface area contributed by atoms with Crippen LogP contribution in [0.25, 0.3) is 11.4 Å². The highest BCUT2D eigenvalue weighted by Crippen LogP contribution is 2.23. The predicted molar refractivity (Wildman–Crippen MR) is 102 cm³/mol. The molecule has 0 saturated carbocycles. The van der Waals surface area contributed by atoms with Crippen LogP contribution in [0.3, 0.4) is 0 Å². The zero-order valence-electron chi connectivity index (χ0n) is 15.9. The Balaban J connectivity index is 1.69. The number of piperidine rings is 1. The van der Waals surface area contributed by atoms with E-state index < -0.39 is 9.84 Å². The second kappa shape index (κ2) is 7.80. The van der Waals surface area contributed by atoms with Crippen molar-refractivity contribution in [1.82, 2.24) is 15.0 Å². The van der Waals surface area contributed by atoms with Crippen LogP contribution in [0.2, 0.25) is 0 Å². The van der Waals surface area contributed by atoms with Gasteiger partial charge >= 0.3 is 0 Å². The molecule has 1 aliphatic heterocycles. The highest BCUT2D eigenvalue weighted by molar-refractivity contribution is 7.90. The number of rotatable bonds is 5. The molecule has 0 spiro atoms. The van der Waals surface area contributed by atoms with Gasteiger partial charge < -0.3 is 9.42 Å². The topological polar surface area (TPSA) is 93.4 Å². The molecule has 2 aromatic rings. The van der Waals surface area contributed by atoms with E-state index in [0.29, 0.717) is 30.4 Å². The van der Waals surface area contributed by atoms with Gasteiger partial charge in [-0.05, 0) is 30.9 Å². The van der Waals surface area contributed by atoms with Gasteiger partial charge in [-0.3, -0.25) is 4.79 Å². The Kier molecular flexibility index (Phi) is 5.64. The van der Waals surface area contributed by atoms with Crippen LogP contribution < -0.4 is 0 Å². The van der Waals surface area contributed by atoms with Crippen molar-refractivity contribution in [2.75, 3.05) is 25.1 Å². The summed E-state index contributed by atoms with van der Waals surface area (Å²) in [6.45, 7) is 5.10. The van der Waals surface area contributed by atoms with Gasteiger partial charge in [0.05, 0.1) is 5.75 Å². The lowest BCUT2D eigenvalue weighted by Crippen LogP contribution is -2.41. The average Bonchev–Trinajstić information content (AvgIpc) is 3.10. The number of carbonyl (C=O) groups excluding carboxylic acids is 1. The minimum absolute atomic E-state index is 0.00533. The molecular weight excluding hydrogens is 366 g/mol. The van der Waals surface area contributed by atoms with Gasteiger partial charge in [-0.2, -0.15) is 4.98 Å². The van der Waals surface area contributed by atoms with E-state index >= 15 is 0 Å². The molecule has 0 unspecified atom stereocenters. The summed E-state index contributed by atoms with van der Waals surface area (Å²) in [5.74, 6) is 1.30. The molecule has 1 aromatic carbocycles. The molecule has 8 heteroatoms. The van der Waals surface area contributed by atoms with Gasteiger partial charge in [0.2, 0.25) is 11.7 Å². The van der Waals surface area contributed by atoms with Gasteiger partial charge in [0, 0.05) is 36.4 Å². The van der Waals surface area contributed by atoms with E-state index in [2.05, 4.69) is 10.1 Å². The lowest BCUT2D eigenvalue weighted by molar-refractivity contribution is 0.0684. The summed E-state index contributed by atoms with van der Waals surface area (Å²) in [7, 11) is -3.04. The summed E-state index contributed by atoms with van der Waals surface area (Å²) in [4.78, 5) is 18.9. The second-order valence-corrected chi connectivity index (χ2v) is 9.72. The molecule has 7 nitrogen and oxygen atoms in total. The molecule has 1 aromatic heterocycles. The molecule has 3 rings (SSSR count). The lowest BCUT2D eigenvalue weighted by Gasteiger charge is -2.32. The number of likely N-dealkylation sites (tertiary alicyclic amines) is 1. The van der Waals surface area contributed by atoms with Gasteiger partial charge in [0.15, 0.2) is 0 Å². The fourth-order valence-corrected chi connectivity index (χ4v) is 4.47. The lowest BCUT2D eigenvalue weighted by atomic mass is 9.99. The molecule has 1 aliphatic rings. The smallest absolute Gasteiger partial charge is 0.253 e. The Hall–Kier alpha value is -2.22. The van der Waals surface area contributed by atoms with Gasteiger partial charge in [0.1, 0.15) is 9.84 Å². The molecule has 2 heterocycles. The van der Waals surface area contributed by atoms with Crippen molar-refractivity contribution in [2.24, 2.45) is 5.92 Å². The van der Waals surface area contributed by atoms with Crippen molar-refractivity contribution >= 4 is 15.7 Å². The molecule has 1 atom stereocenters. The van der Waals surface area contributed by atoms with Gasteiger partial charge in [0.25, 0.3) is 5.91 Å². The summed E-state index contributed by atoms with van der Waals surface area (Å²) >= 11 is 0. The summed E-state index contributed by atoms with van der Waals surface area (Å²) in [6.07, 6.45) is 2.91. The molecule has 1 amide bonds. The van der Waals surface area contributed by atoms with Crippen molar-refractivity contribution in [2.45, 2.75) is 32.6 Å². The van der Waals surface area contributed by atoms with Gasteiger partial charge in [-0.1, -0.05) is 31.1 Å². The molecule has 0 radical (unpaired) electrons. The van der Waals surface area contributed by atoms with E-state index in [1.54, 1.807) is 29.2 Å². The fraction of sp³-hybridized carbons (Fsp3) is 0.526. The van der Waals surface area contributed by atoms with Crippen LogP contribution in [0.4, 0.5) is 0 Å². The van der Waals surface area contributed by atoms with E-state index in [4.69, 9.17) is 4.52 Å². The third-order valence-electron chi connectivity index (χ3n) is 4.67. The second-order valence-electron chi connectivity index (χ2n) is 7.54. The Bertz CT molecular complexity index is 903. The maximum Gasteiger partial charge on any atom is 0.253 e. The number of sulfone groups is 1. The van der Waals surface area contributed by atoms with Crippen LogP contribution in [0, 0.1) is 5.92 Å². The highest BCUT2D eigenvalue weighted by Gasteiger charge is 2.26. The Labute approximate surface area is 159 Å². The largest absolute Gasteiger partial charge is 0.339 e. The van der Waals surface area contributed by atoms with Crippen molar-refractivity contribution in [3.8, 4) is 11.4 Å². The summed E-state index contributed by atoms with van der Waals surface area (Å²) < 4.78 is 28.3. The van der Waals surface area contributed by atoms with Crippen LogP contribution in [0.15, 0.2) is 28.8 Å². The summed E-state index contributed by atoms with van der Waals surface area (Å²) in [5.41, 5.74) is 1.36. The number of hydrogen-bond acceptors (Lipinski definition) is 6. The van der Waals surface area contributed by atoms with Crippen LogP contribution in [-0.2, 0) is 9.84 Å². The molecule has 1 fully saturated rings. The van der Waals surface area contributed by atoms with Crippen molar-refractivity contribution < 1.29 is 17.7 Å². The van der Waals surface area contributed by atoms with E-state index in [-0.39, 0.29) is 23.5 Å². The first kappa shape index (κ1) is 19.5. The Morgan fingerprint density at radius 3 is 2.59 bits per heavy atom. The number of amides is 1. The van der Waals surface area contributed by atoms with E-state index in [0.717, 1.165) is 18.4 Å². The van der Waals surface area contributed by atoms with Crippen molar-refractivity contribution in [1.29, 1.82) is 0 Å². The van der Waals surface area contributed by atoms with Crippen LogP contribution in [-0.4, -0.2) is 54.5 Å². The van der Waals surface area contributed by atoms with Crippen LogP contribution in [0.1, 0.15) is 48.9 Å². The summed E-state index contributed by atoms with van der Waals surface area (Å²) in [5, 5.41) is 3.98. The molecule has 146 valence electrons. The number of hydrogen-bond donors (Lipinski definition) is 0. The summed E-state index contributed by atoms with van der Waals surface area (Å²) in [6, 6.07) is 7.12. The molecule has 0 bridgehead atoms. The predicted octanol–water partition coefficient (Wildman–Crippen LogP) is 2.76. The average molecular weight is 391 g/mol. The Morgan fingerprint density at radius 1 is 1.30 bits per heavy atom. The molecule has 27 heavy (non-hydrogen) atoms. The third-order valence-corrected chi connectivity index (χ3v) is 5.75. The number of nitrogens with zero attached hydrogens (tertiary/aromatic N) is 3. The molecule has 0 aliphatic carbocycles. The van der Waals surface area contributed by atoms with Crippen LogP contribution in [0.5, 0.6) is 0 Å². The zero-order valence-corrected chi connectivity index (χ0v) is 16.7. The fourth-order valence-electron chi connectivity index (χ4n) is 3.35. The number of benzene rings is 1. The maximum absolute atomic E-state index is 12.8. The highest BCUT2D eigenvalue weighted by atomic mass is 32.2. The first-order valence-corrected chi connectivity index (χ1v) is 11.2. The number of aromatic nitrogens is 2. The van der Waals surface area contributed by atoms with E-state index in [9.17, 15) is 13.2 Å². The van der Waals surface area contributed by atoms with E-state index in [1.165, 1.54) is 6.26 Å². The maximum atomic E-state index is 12.8. The third kappa shape index (κ3) is 4.94. The normalized spacial score (nSPS) is 18.1. The molecule has 1 saturated heterocycles. The van der Waals surface area contributed by atoms with Crippen molar-refractivity contribution in [3.63, 3.8) is 0 Å². The SMILES string of the molecule is CC(C)c1nc(-c2ccc(C(=O)N3CCC[C@H](CS(C)(=O)=O)C3)cc2)no1. The first-order chi connectivity index (χ1) is 12.7. The van der Waals surface area contributed by atoms with Gasteiger partial charge in [-0.15, -0.1) is 0 Å². The van der Waals surface area contributed by atoms with Crippen molar-refractivity contribution in [3.05, 3.63) is 35.7 Å². The minimum atomic E-state index is -3.04. The van der Waals surface area contributed by atoms with Crippen LogP contribution >= 0.6 is 0 Å². The Morgan fingerprint density at radius 2 is 2.00 bits per heavy atom. The monoisotopic (exact) mass is 391 g/mol. The zero-order chi connectivity index (χ0) is 19.6. The standard InChI is InChI=1S/C19H25N3O4S/c1-13(2)18-20-17(21-26-18)15-6-8-16(9-7-15)19(23)22-10-4-5-14(11-22)12-27(3,24)25/h6-9,13-14H,4-5,10-12H2,1-3H3/t14-/m0/s1.